The van der Waals surface area contributed by atoms with E-state index in [-0.39, 0.29) is 11.9 Å². The molecule has 0 N–H and O–H groups in total. The van der Waals surface area contributed by atoms with E-state index in [0.717, 1.165) is 30.4 Å². The first-order valence-corrected chi connectivity index (χ1v) is 6.89. The number of hydrogen-bond donors (Lipinski definition) is 0. The fraction of sp³-hybridized carbons (Fsp3) is 0.583. The van der Waals surface area contributed by atoms with Gasteiger partial charge in [-0.3, -0.25) is 0 Å². The number of hydrogen-bond acceptors (Lipinski definition) is 2. The van der Waals surface area contributed by atoms with Gasteiger partial charge < -0.3 is 4.90 Å². The zero-order valence-electron chi connectivity index (χ0n) is 10.1. The van der Waals surface area contributed by atoms with Crippen LogP contribution in [0.4, 0.5) is 14.6 Å². The maximum absolute atomic E-state index is 13.7. The zero-order valence-corrected chi connectivity index (χ0v) is 11.7. The molecular weight excluding hydrogens is 290 g/mol. The molecule has 1 aromatic heterocycles. The molecule has 0 atom stereocenters. The molecule has 17 heavy (non-hydrogen) atoms. The first-order chi connectivity index (χ1) is 8.13. The molecule has 0 fully saturated rings. The summed E-state index contributed by atoms with van der Waals surface area (Å²) in [6.07, 6.45) is 2.87. The molecule has 0 aromatic carbocycles. The van der Waals surface area contributed by atoms with Gasteiger partial charge in [-0.2, -0.15) is 0 Å². The van der Waals surface area contributed by atoms with Crippen molar-refractivity contribution in [3.63, 3.8) is 0 Å². The van der Waals surface area contributed by atoms with E-state index in [1.54, 1.807) is 0 Å². The van der Waals surface area contributed by atoms with Gasteiger partial charge in [-0.05, 0) is 12.8 Å². The van der Waals surface area contributed by atoms with Crippen LogP contribution in [0.2, 0.25) is 0 Å². The normalized spacial score (nSPS) is 10.9. The topological polar surface area (TPSA) is 16.1 Å². The van der Waals surface area contributed by atoms with Crippen molar-refractivity contribution >= 4 is 21.7 Å². The van der Waals surface area contributed by atoms with Gasteiger partial charge >= 0.3 is 0 Å². The molecule has 0 aliphatic heterocycles. The fourth-order valence-corrected chi connectivity index (χ4v) is 2.28. The summed E-state index contributed by atoms with van der Waals surface area (Å²) in [7, 11) is 0. The standard InChI is InChI=1S/C12H17BrF2N2/c1-3-10(4-2)17(6-5-13)12-11(15)7-9(14)8-16-12/h7-8,10H,3-6H2,1-2H3. The third-order valence-corrected chi connectivity index (χ3v) is 3.12. The lowest BCUT2D eigenvalue weighted by atomic mass is 10.1. The lowest BCUT2D eigenvalue weighted by Gasteiger charge is -2.31. The molecule has 1 aromatic rings. The Morgan fingerprint density at radius 3 is 2.47 bits per heavy atom. The quantitative estimate of drug-likeness (QED) is 0.744. The van der Waals surface area contributed by atoms with Crippen LogP contribution in [0.1, 0.15) is 26.7 Å². The van der Waals surface area contributed by atoms with E-state index in [9.17, 15) is 8.78 Å². The molecule has 0 radical (unpaired) electrons. The number of halogens is 3. The van der Waals surface area contributed by atoms with Gasteiger partial charge in [0.25, 0.3) is 0 Å². The van der Waals surface area contributed by atoms with E-state index in [1.165, 1.54) is 0 Å². The second kappa shape index (κ2) is 6.89. The highest BCUT2D eigenvalue weighted by Crippen LogP contribution is 2.22. The second-order valence-electron chi connectivity index (χ2n) is 3.81. The Morgan fingerprint density at radius 1 is 1.35 bits per heavy atom. The Labute approximate surface area is 109 Å². The van der Waals surface area contributed by atoms with Crippen LogP contribution < -0.4 is 4.90 Å². The predicted molar refractivity (Wildman–Crippen MR) is 69.7 cm³/mol. The van der Waals surface area contributed by atoms with Gasteiger partial charge in [0.2, 0.25) is 0 Å². The number of rotatable bonds is 6. The molecule has 0 saturated heterocycles. The third kappa shape index (κ3) is 3.63. The van der Waals surface area contributed by atoms with Crippen LogP contribution in [0.15, 0.2) is 12.3 Å². The monoisotopic (exact) mass is 306 g/mol. The first-order valence-electron chi connectivity index (χ1n) is 5.77. The number of nitrogens with zero attached hydrogens (tertiary/aromatic N) is 2. The maximum atomic E-state index is 13.7. The van der Waals surface area contributed by atoms with Crippen molar-refractivity contribution in [2.75, 3.05) is 16.8 Å². The largest absolute Gasteiger partial charge is 0.350 e. The Bertz CT molecular complexity index is 356. The summed E-state index contributed by atoms with van der Waals surface area (Å²) in [6.45, 7) is 4.76. The van der Waals surface area contributed by atoms with E-state index < -0.39 is 11.6 Å². The van der Waals surface area contributed by atoms with Crippen LogP contribution in [0, 0.1) is 11.6 Å². The Balaban J connectivity index is 3.03. The maximum Gasteiger partial charge on any atom is 0.168 e. The molecule has 2 nitrogen and oxygen atoms in total. The molecule has 96 valence electrons. The van der Waals surface area contributed by atoms with Crippen molar-refractivity contribution in [3.8, 4) is 0 Å². The molecule has 5 heteroatoms. The molecule has 0 unspecified atom stereocenters. The number of alkyl halides is 1. The summed E-state index contributed by atoms with van der Waals surface area (Å²) in [5.41, 5.74) is 0. The Kier molecular flexibility index (Phi) is 5.82. The van der Waals surface area contributed by atoms with E-state index in [2.05, 4.69) is 34.8 Å². The minimum Gasteiger partial charge on any atom is -0.350 e. The highest BCUT2D eigenvalue weighted by atomic mass is 79.9. The van der Waals surface area contributed by atoms with E-state index in [0.29, 0.717) is 6.54 Å². The summed E-state index contributed by atoms with van der Waals surface area (Å²) in [6, 6.07) is 1.10. The van der Waals surface area contributed by atoms with Crippen molar-refractivity contribution in [1.29, 1.82) is 0 Å². The van der Waals surface area contributed by atoms with Crippen LogP contribution in [0.25, 0.3) is 0 Å². The van der Waals surface area contributed by atoms with E-state index >= 15 is 0 Å². The number of anilines is 1. The fourth-order valence-electron chi connectivity index (χ4n) is 1.90. The van der Waals surface area contributed by atoms with Crippen molar-refractivity contribution < 1.29 is 8.78 Å². The second-order valence-corrected chi connectivity index (χ2v) is 4.60. The van der Waals surface area contributed by atoms with Gasteiger partial charge in [0.05, 0.1) is 6.20 Å². The molecule has 0 saturated carbocycles. The molecule has 1 rings (SSSR count). The summed E-state index contributed by atoms with van der Waals surface area (Å²) < 4.78 is 26.5. The predicted octanol–water partition coefficient (Wildman–Crippen LogP) is 3.75. The van der Waals surface area contributed by atoms with Gasteiger partial charge in [-0.1, -0.05) is 29.8 Å². The van der Waals surface area contributed by atoms with Gasteiger partial charge in [-0.15, -0.1) is 0 Å². The van der Waals surface area contributed by atoms with Crippen LogP contribution >= 0.6 is 15.9 Å². The number of pyridine rings is 1. The molecule has 0 bridgehead atoms. The Hall–Kier alpha value is -0.710. The lowest BCUT2D eigenvalue weighted by Crippen LogP contribution is -2.37. The van der Waals surface area contributed by atoms with Crippen LogP contribution in [-0.2, 0) is 0 Å². The molecule has 0 amide bonds. The smallest absolute Gasteiger partial charge is 0.168 e. The Morgan fingerprint density at radius 2 is 2.00 bits per heavy atom. The van der Waals surface area contributed by atoms with Gasteiger partial charge in [0.1, 0.15) is 5.82 Å². The van der Waals surface area contributed by atoms with Gasteiger partial charge in [-0.25, -0.2) is 13.8 Å². The SMILES string of the molecule is CCC(CC)N(CCBr)c1ncc(F)cc1F. The minimum absolute atomic E-state index is 0.222. The van der Waals surface area contributed by atoms with E-state index in [1.807, 2.05) is 4.90 Å². The van der Waals surface area contributed by atoms with E-state index in [4.69, 9.17) is 0 Å². The molecule has 1 heterocycles. The average molecular weight is 307 g/mol. The van der Waals surface area contributed by atoms with Crippen molar-refractivity contribution in [3.05, 3.63) is 23.9 Å². The highest BCUT2D eigenvalue weighted by Gasteiger charge is 2.20. The molecule has 0 aliphatic rings. The van der Waals surface area contributed by atoms with Crippen LogP contribution in [0.5, 0.6) is 0 Å². The van der Waals surface area contributed by atoms with Gasteiger partial charge in [0, 0.05) is 24.0 Å². The highest BCUT2D eigenvalue weighted by molar-refractivity contribution is 9.09. The summed E-state index contributed by atoms with van der Waals surface area (Å²) in [5, 5.41) is 0.724. The molecule has 0 aliphatic carbocycles. The van der Waals surface area contributed by atoms with Crippen LogP contribution in [-0.4, -0.2) is 22.9 Å². The summed E-state index contributed by atoms with van der Waals surface area (Å²) in [5.74, 6) is -1.01. The molecular formula is C12H17BrF2N2. The zero-order chi connectivity index (χ0) is 12.8. The summed E-state index contributed by atoms with van der Waals surface area (Å²) in [4.78, 5) is 5.76. The summed E-state index contributed by atoms with van der Waals surface area (Å²) >= 11 is 3.35. The van der Waals surface area contributed by atoms with Crippen molar-refractivity contribution in [1.82, 2.24) is 4.98 Å². The number of aromatic nitrogens is 1. The van der Waals surface area contributed by atoms with Crippen molar-refractivity contribution in [2.45, 2.75) is 32.7 Å². The lowest BCUT2D eigenvalue weighted by molar-refractivity contribution is 0.528. The first kappa shape index (κ1) is 14.4. The minimum atomic E-state index is -0.644. The molecule has 0 spiro atoms. The average Bonchev–Trinajstić information content (AvgIpc) is 2.30. The van der Waals surface area contributed by atoms with Gasteiger partial charge in [0.15, 0.2) is 11.6 Å². The van der Waals surface area contributed by atoms with Crippen LogP contribution in [0.3, 0.4) is 0 Å². The third-order valence-electron chi connectivity index (χ3n) is 2.77. The van der Waals surface area contributed by atoms with Crippen molar-refractivity contribution in [2.24, 2.45) is 0 Å².